The summed E-state index contributed by atoms with van der Waals surface area (Å²) >= 11 is 2.83. The van der Waals surface area contributed by atoms with Crippen LogP contribution >= 0.6 is 22.7 Å². The van der Waals surface area contributed by atoms with Crippen LogP contribution in [0.25, 0.3) is 16.4 Å². The minimum Gasteiger partial charge on any atom is -0.294 e. The lowest BCUT2D eigenvalue weighted by atomic mass is 10.3. The summed E-state index contributed by atoms with van der Waals surface area (Å²) in [7, 11) is 0. The maximum atomic E-state index is 13.7. The Kier molecular flexibility index (Phi) is 4.21. The third kappa shape index (κ3) is 3.32. The zero-order chi connectivity index (χ0) is 19.1. The summed E-state index contributed by atoms with van der Waals surface area (Å²) in [6, 6.07) is 9.75. The molecule has 1 N–H and O–H groups in total. The van der Waals surface area contributed by atoms with Crippen molar-refractivity contribution in [1.29, 1.82) is 0 Å². The molecule has 0 unspecified atom stereocenters. The molecule has 0 bridgehead atoms. The molecule has 7 nitrogen and oxygen atoms in total. The van der Waals surface area contributed by atoms with Gasteiger partial charge < -0.3 is 0 Å². The van der Waals surface area contributed by atoms with E-state index in [4.69, 9.17) is 0 Å². The summed E-state index contributed by atoms with van der Waals surface area (Å²) in [5.41, 5.74) is 0.488. The van der Waals surface area contributed by atoms with Gasteiger partial charge in [0.2, 0.25) is 11.0 Å². The van der Waals surface area contributed by atoms with Crippen LogP contribution in [0.5, 0.6) is 0 Å². The summed E-state index contributed by atoms with van der Waals surface area (Å²) in [6.45, 7) is 0. The van der Waals surface area contributed by atoms with Crippen LogP contribution in [0, 0.1) is 5.82 Å². The van der Waals surface area contributed by atoms with Crippen LogP contribution in [0.3, 0.4) is 0 Å². The smallest absolute Gasteiger partial charge is 0.294 e. The van der Waals surface area contributed by atoms with Crippen molar-refractivity contribution in [3.8, 4) is 16.4 Å². The van der Waals surface area contributed by atoms with Crippen LogP contribution in [0.15, 0.2) is 41.8 Å². The number of amides is 1. The highest BCUT2D eigenvalue weighted by atomic mass is 32.1. The van der Waals surface area contributed by atoms with Gasteiger partial charge in [-0.25, -0.2) is 14.1 Å². The van der Waals surface area contributed by atoms with Crippen LogP contribution in [-0.2, 0) is 0 Å². The second-order valence-electron chi connectivity index (χ2n) is 6.30. The zero-order valence-corrected chi connectivity index (χ0v) is 16.0. The highest BCUT2D eigenvalue weighted by molar-refractivity contribution is 7.15. The van der Waals surface area contributed by atoms with E-state index in [1.165, 1.54) is 39.5 Å². The molecule has 1 fully saturated rings. The molecule has 1 aromatic carbocycles. The average Bonchev–Trinajstić information content (AvgIpc) is 3.11. The van der Waals surface area contributed by atoms with Crippen LogP contribution in [-0.4, -0.2) is 30.9 Å². The van der Waals surface area contributed by atoms with E-state index in [9.17, 15) is 9.18 Å². The standard InChI is InChI=1S/C18H13FN6OS2/c19-11-3-1-4-12(9-11)25-15(13-5-2-8-27-13)20-14(24-25)16(26)21-18-23-22-17(28-18)10-6-7-10/h1-5,8-10H,6-7H2,(H,21,23,26). The van der Waals surface area contributed by atoms with E-state index < -0.39 is 11.7 Å². The van der Waals surface area contributed by atoms with Crippen LogP contribution in [0.4, 0.5) is 9.52 Å². The van der Waals surface area contributed by atoms with Gasteiger partial charge in [0.15, 0.2) is 5.82 Å². The number of rotatable bonds is 5. The first-order valence-electron chi connectivity index (χ1n) is 8.59. The molecular weight excluding hydrogens is 399 g/mol. The number of nitrogens with one attached hydrogen (secondary N) is 1. The topological polar surface area (TPSA) is 85.6 Å². The fraction of sp³-hybridized carbons (Fsp3) is 0.167. The van der Waals surface area contributed by atoms with E-state index in [1.54, 1.807) is 12.1 Å². The Balaban J connectivity index is 1.48. The summed E-state index contributed by atoms with van der Waals surface area (Å²) in [5.74, 6) is 0.0560. The Bertz CT molecular complexity index is 1150. The van der Waals surface area contributed by atoms with E-state index >= 15 is 0 Å². The van der Waals surface area contributed by atoms with Crippen molar-refractivity contribution in [1.82, 2.24) is 25.0 Å². The number of hydrogen-bond donors (Lipinski definition) is 1. The van der Waals surface area contributed by atoms with Gasteiger partial charge >= 0.3 is 0 Å². The van der Waals surface area contributed by atoms with E-state index in [0.29, 0.717) is 22.6 Å². The lowest BCUT2D eigenvalue weighted by Crippen LogP contribution is -2.14. The molecule has 3 heterocycles. The predicted molar refractivity (Wildman–Crippen MR) is 104 cm³/mol. The van der Waals surface area contributed by atoms with Crippen LogP contribution in [0.1, 0.15) is 34.4 Å². The molecule has 0 radical (unpaired) electrons. The first-order chi connectivity index (χ1) is 13.7. The summed E-state index contributed by atoms with van der Waals surface area (Å²) < 4.78 is 15.2. The molecule has 140 valence electrons. The van der Waals surface area contributed by atoms with E-state index in [-0.39, 0.29) is 5.82 Å². The van der Waals surface area contributed by atoms with Crippen molar-refractivity contribution >= 4 is 33.7 Å². The van der Waals surface area contributed by atoms with Crippen molar-refractivity contribution < 1.29 is 9.18 Å². The molecule has 0 saturated heterocycles. The molecular formula is C18H13FN6OS2. The normalized spacial score (nSPS) is 13.6. The second-order valence-corrected chi connectivity index (χ2v) is 8.26. The van der Waals surface area contributed by atoms with Gasteiger partial charge in [-0.2, -0.15) is 0 Å². The second kappa shape index (κ2) is 6.88. The monoisotopic (exact) mass is 412 g/mol. The van der Waals surface area contributed by atoms with Gasteiger partial charge in [0, 0.05) is 5.92 Å². The van der Waals surface area contributed by atoms with Crippen LogP contribution in [0.2, 0.25) is 0 Å². The largest absolute Gasteiger partial charge is 0.297 e. The van der Waals surface area contributed by atoms with Gasteiger partial charge in [-0.1, -0.05) is 23.5 Å². The molecule has 0 atom stereocenters. The third-order valence-electron chi connectivity index (χ3n) is 4.19. The maximum Gasteiger partial charge on any atom is 0.297 e. The zero-order valence-electron chi connectivity index (χ0n) is 14.4. The molecule has 1 aliphatic carbocycles. The Morgan fingerprint density at radius 2 is 2.11 bits per heavy atom. The molecule has 4 aromatic rings. The van der Waals surface area contributed by atoms with Crippen molar-refractivity contribution in [2.24, 2.45) is 0 Å². The van der Waals surface area contributed by atoms with E-state index in [0.717, 1.165) is 22.7 Å². The van der Waals surface area contributed by atoms with E-state index in [1.807, 2.05) is 17.5 Å². The lowest BCUT2D eigenvalue weighted by molar-refractivity contribution is 0.101. The average molecular weight is 412 g/mol. The van der Waals surface area contributed by atoms with Gasteiger partial charge in [0.1, 0.15) is 10.8 Å². The molecule has 0 aliphatic heterocycles. The Hall–Kier alpha value is -2.98. The number of anilines is 1. The highest BCUT2D eigenvalue weighted by Gasteiger charge is 2.28. The molecule has 1 aliphatic rings. The van der Waals surface area contributed by atoms with Crippen molar-refractivity contribution in [2.45, 2.75) is 18.8 Å². The van der Waals surface area contributed by atoms with Gasteiger partial charge in [-0.3, -0.25) is 10.1 Å². The van der Waals surface area contributed by atoms with Gasteiger partial charge in [0.05, 0.1) is 10.6 Å². The van der Waals surface area contributed by atoms with Crippen LogP contribution < -0.4 is 5.32 Å². The Labute approximate surface area is 166 Å². The van der Waals surface area contributed by atoms with Crippen molar-refractivity contribution in [3.05, 3.63) is 58.4 Å². The number of nitrogens with zero attached hydrogens (tertiary/aromatic N) is 5. The molecule has 1 amide bonds. The molecule has 0 spiro atoms. The molecule has 5 rings (SSSR count). The Morgan fingerprint density at radius 1 is 1.21 bits per heavy atom. The van der Waals surface area contributed by atoms with E-state index in [2.05, 4.69) is 25.6 Å². The highest BCUT2D eigenvalue weighted by Crippen LogP contribution is 2.42. The van der Waals surface area contributed by atoms with Crippen molar-refractivity contribution in [2.75, 3.05) is 5.32 Å². The number of hydrogen-bond acceptors (Lipinski definition) is 7. The maximum absolute atomic E-state index is 13.7. The van der Waals surface area contributed by atoms with Gasteiger partial charge in [-0.15, -0.1) is 26.6 Å². The minimum absolute atomic E-state index is 0.0177. The first kappa shape index (κ1) is 17.1. The van der Waals surface area contributed by atoms with Gasteiger partial charge in [-0.05, 0) is 42.5 Å². The number of halogens is 1. The molecule has 3 aromatic heterocycles. The molecule has 10 heteroatoms. The SMILES string of the molecule is O=C(Nc1nnc(C2CC2)s1)c1nc(-c2cccs2)n(-c2cccc(F)c2)n1. The predicted octanol–water partition coefficient (Wildman–Crippen LogP) is 4.12. The first-order valence-corrected chi connectivity index (χ1v) is 10.3. The molecule has 28 heavy (non-hydrogen) atoms. The number of carbonyl (C=O) groups is 1. The summed E-state index contributed by atoms with van der Waals surface area (Å²) in [4.78, 5) is 17.9. The minimum atomic E-state index is -0.480. The molecule has 1 saturated carbocycles. The van der Waals surface area contributed by atoms with Gasteiger partial charge in [0.25, 0.3) is 5.91 Å². The summed E-state index contributed by atoms with van der Waals surface area (Å²) in [6.07, 6.45) is 2.23. The number of carbonyl (C=O) groups excluding carboxylic acids is 1. The van der Waals surface area contributed by atoms with Crippen molar-refractivity contribution in [3.63, 3.8) is 0 Å². The number of thiophene rings is 1. The summed E-state index contributed by atoms with van der Waals surface area (Å²) in [5, 5.41) is 18.4. The fourth-order valence-electron chi connectivity index (χ4n) is 2.69. The lowest BCUT2D eigenvalue weighted by Gasteiger charge is -2.04. The number of benzene rings is 1. The third-order valence-corrected chi connectivity index (χ3v) is 6.06. The number of aromatic nitrogens is 5. The quantitative estimate of drug-likeness (QED) is 0.533. The fourth-order valence-corrected chi connectivity index (χ4v) is 4.30. The Morgan fingerprint density at radius 3 is 2.86 bits per heavy atom.